The Balaban J connectivity index is 1.40. The first-order valence-electron chi connectivity index (χ1n) is 13.9. The number of carboxylic acid groups (broad SMARTS) is 1. The van der Waals surface area contributed by atoms with Crippen molar-refractivity contribution in [3.05, 3.63) is 94.6 Å². The highest BCUT2D eigenvalue weighted by Gasteiger charge is 2.21. The van der Waals surface area contributed by atoms with Crippen LogP contribution in [0.5, 0.6) is 0 Å². The van der Waals surface area contributed by atoms with E-state index in [4.69, 9.17) is 9.97 Å². The van der Waals surface area contributed by atoms with Gasteiger partial charge in [-0.15, -0.1) is 0 Å². The molecular weight excluding hydrogens is 484 g/mol. The first kappa shape index (κ1) is 25.1. The zero-order valence-electron chi connectivity index (χ0n) is 22.9. The standard InChI is InChI=1S/C33H34N4O2/c1-4-9-30-35-31-21(2)18-24(32-34-27-12-7-8-13-28(27)36(32)3)19-29(31)37(30)20-22-14-16-23(17-15-22)25-10-5-6-11-26(25)33(38)39/h5-6,10-11,14-19H,4,7-9,12-13,20H2,1-3H3,(H,38,39). The zero-order valence-corrected chi connectivity index (χ0v) is 22.9. The predicted molar refractivity (Wildman–Crippen MR) is 155 cm³/mol. The summed E-state index contributed by atoms with van der Waals surface area (Å²) in [7, 11) is 2.15. The van der Waals surface area contributed by atoms with E-state index in [1.165, 1.54) is 29.8 Å². The Hall–Kier alpha value is -4.19. The number of rotatable bonds is 7. The highest BCUT2D eigenvalue weighted by molar-refractivity contribution is 5.96. The van der Waals surface area contributed by atoms with Gasteiger partial charge in [-0.05, 0) is 79.5 Å². The summed E-state index contributed by atoms with van der Waals surface area (Å²) in [5, 5.41) is 9.61. The number of carbonyl (C=O) groups is 1. The lowest BCUT2D eigenvalue weighted by Crippen LogP contribution is -2.06. The molecule has 6 nitrogen and oxygen atoms in total. The molecule has 6 heteroatoms. The van der Waals surface area contributed by atoms with Crippen molar-refractivity contribution in [3.8, 4) is 22.5 Å². The lowest BCUT2D eigenvalue weighted by atomic mass is 9.98. The van der Waals surface area contributed by atoms with Crippen molar-refractivity contribution < 1.29 is 9.90 Å². The van der Waals surface area contributed by atoms with Crippen molar-refractivity contribution in [2.45, 2.75) is 58.9 Å². The van der Waals surface area contributed by atoms with Gasteiger partial charge in [0.05, 0.1) is 22.3 Å². The van der Waals surface area contributed by atoms with E-state index in [0.717, 1.165) is 70.6 Å². The van der Waals surface area contributed by atoms with Crippen LogP contribution < -0.4 is 0 Å². The van der Waals surface area contributed by atoms with E-state index >= 15 is 0 Å². The first-order valence-corrected chi connectivity index (χ1v) is 13.9. The Labute approximate surface area is 229 Å². The average molecular weight is 519 g/mol. The van der Waals surface area contributed by atoms with Crippen LogP contribution in [-0.4, -0.2) is 30.2 Å². The van der Waals surface area contributed by atoms with E-state index in [9.17, 15) is 9.90 Å². The highest BCUT2D eigenvalue weighted by atomic mass is 16.4. The van der Waals surface area contributed by atoms with Gasteiger partial charge in [-0.3, -0.25) is 0 Å². The average Bonchev–Trinajstić information content (AvgIpc) is 3.47. The molecule has 0 aliphatic heterocycles. The van der Waals surface area contributed by atoms with E-state index in [1.54, 1.807) is 12.1 Å². The van der Waals surface area contributed by atoms with Crippen LogP contribution in [0, 0.1) is 6.92 Å². The maximum atomic E-state index is 11.7. The number of carboxylic acids is 1. The topological polar surface area (TPSA) is 72.9 Å². The monoisotopic (exact) mass is 518 g/mol. The molecule has 39 heavy (non-hydrogen) atoms. The molecule has 0 saturated heterocycles. The van der Waals surface area contributed by atoms with Gasteiger partial charge in [0, 0.05) is 31.3 Å². The molecule has 5 aromatic rings. The molecule has 0 atom stereocenters. The lowest BCUT2D eigenvalue weighted by Gasteiger charge is -2.13. The summed E-state index contributed by atoms with van der Waals surface area (Å²) in [6.45, 7) is 5.04. The largest absolute Gasteiger partial charge is 0.478 e. The van der Waals surface area contributed by atoms with Crippen molar-refractivity contribution in [2.24, 2.45) is 7.05 Å². The Bertz CT molecular complexity index is 1690. The molecule has 1 N–H and O–H groups in total. The quantitative estimate of drug-likeness (QED) is 0.252. The fourth-order valence-corrected chi connectivity index (χ4v) is 6.00. The second-order valence-electron chi connectivity index (χ2n) is 10.7. The molecule has 0 fully saturated rings. The first-order chi connectivity index (χ1) is 18.9. The van der Waals surface area contributed by atoms with E-state index in [-0.39, 0.29) is 0 Å². The molecule has 2 heterocycles. The molecule has 0 radical (unpaired) electrons. The number of nitrogens with zero attached hydrogens (tertiary/aromatic N) is 4. The molecule has 0 bridgehead atoms. The van der Waals surface area contributed by atoms with Crippen LogP contribution in [0.4, 0.5) is 0 Å². The Kier molecular flexibility index (Phi) is 6.55. The SMILES string of the molecule is CCCc1nc2c(C)cc(-c3nc4c(n3C)CCCC4)cc2n1Cc1ccc(-c2ccccc2C(=O)O)cc1. The second kappa shape index (κ2) is 10.2. The highest BCUT2D eigenvalue weighted by Crippen LogP contribution is 2.32. The molecular formula is C33H34N4O2. The molecule has 2 aromatic heterocycles. The third kappa shape index (κ3) is 4.54. The zero-order chi connectivity index (χ0) is 27.1. The lowest BCUT2D eigenvalue weighted by molar-refractivity contribution is 0.0697. The summed E-state index contributed by atoms with van der Waals surface area (Å²) >= 11 is 0. The summed E-state index contributed by atoms with van der Waals surface area (Å²) in [6.07, 6.45) is 6.55. The minimum absolute atomic E-state index is 0.315. The van der Waals surface area contributed by atoms with Gasteiger partial charge in [-0.25, -0.2) is 14.8 Å². The van der Waals surface area contributed by atoms with E-state index < -0.39 is 5.97 Å². The number of imidazole rings is 2. The molecule has 3 aromatic carbocycles. The van der Waals surface area contributed by atoms with Crippen LogP contribution in [0.3, 0.4) is 0 Å². The second-order valence-corrected chi connectivity index (χ2v) is 10.7. The molecule has 6 rings (SSSR count). The van der Waals surface area contributed by atoms with Crippen LogP contribution in [0.2, 0.25) is 0 Å². The normalized spacial score (nSPS) is 13.1. The Morgan fingerprint density at radius 1 is 0.974 bits per heavy atom. The van der Waals surface area contributed by atoms with E-state index in [1.807, 2.05) is 24.3 Å². The number of benzene rings is 3. The van der Waals surface area contributed by atoms with Crippen LogP contribution in [0.25, 0.3) is 33.5 Å². The van der Waals surface area contributed by atoms with Crippen molar-refractivity contribution >= 4 is 17.0 Å². The fraction of sp³-hybridized carbons (Fsp3) is 0.303. The van der Waals surface area contributed by atoms with Gasteiger partial charge in [-0.1, -0.05) is 49.4 Å². The molecule has 198 valence electrons. The minimum atomic E-state index is -0.913. The molecule has 0 saturated carbocycles. The van der Waals surface area contributed by atoms with Gasteiger partial charge in [0.1, 0.15) is 11.6 Å². The molecule has 1 aliphatic carbocycles. The van der Waals surface area contributed by atoms with Gasteiger partial charge < -0.3 is 14.2 Å². The van der Waals surface area contributed by atoms with Crippen LogP contribution >= 0.6 is 0 Å². The number of aryl methyl sites for hydroxylation is 3. The maximum Gasteiger partial charge on any atom is 0.336 e. The third-order valence-electron chi connectivity index (χ3n) is 7.99. The number of hydrogen-bond donors (Lipinski definition) is 1. The van der Waals surface area contributed by atoms with Gasteiger partial charge in [0.25, 0.3) is 0 Å². The third-order valence-corrected chi connectivity index (χ3v) is 7.99. The van der Waals surface area contributed by atoms with Crippen molar-refractivity contribution in [3.63, 3.8) is 0 Å². The number of aromatic nitrogens is 4. The van der Waals surface area contributed by atoms with Crippen LogP contribution in [-0.2, 0) is 32.9 Å². The number of hydrogen-bond acceptors (Lipinski definition) is 3. The minimum Gasteiger partial charge on any atom is -0.478 e. The van der Waals surface area contributed by atoms with Crippen molar-refractivity contribution in [1.82, 2.24) is 19.1 Å². The molecule has 0 unspecified atom stereocenters. The predicted octanol–water partition coefficient (Wildman–Crippen LogP) is 6.99. The Morgan fingerprint density at radius 3 is 2.49 bits per heavy atom. The molecule has 0 amide bonds. The van der Waals surface area contributed by atoms with Crippen LogP contribution in [0.1, 0.15) is 64.9 Å². The summed E-state index contributed by atoms with van der Waals surface area (Å²) in [6, 6.07) is 19.9. The molecule has 0 spiro atoms. The number of aromatic carboxylic acids is 1. The smallest absolute Gasteiger partial charge is 0.336 e. The number of fused-ring (bicyclic) bond motifs is 2. The van der Waals surface area contributed by atoms with Gasteiger partial charge in [0.2, 0.25) is 0 Å². The summed E-state index contributed by atoms with van der Waals surface area (Å²) in [5.74, 6) is 1.22. The van der Waals surface area contributed by atoms with Gasteiger partial charge >= 0.3 is 5.97 Å². The maximum absolute atomic E-state index is 11.7. The van der Waals surface area contributed by atoms with Crippen molar-refractivity contribution in [1.29, 1.82) is 0 Å². The van der Waals surface area contributed by atoms with Crippen molar-refractivity contribution in [2.75, 3.05) is 0 Å². The summed E-state index contributed by atoms with van der Waals surface area (Å²) < 4.78 is 4.63. The fourth-order valence-electron chi connectivity index (χ4n) is 6.00. The van der Waals surface area contributed by atoms with Crippen LogP contribution in [0.15, 0.2) is 60.7 Å². The summed E-state index contributed by atoms with van der Waals surface area (Å²) in [4.78, 5) is 21.9. The summed E-state index contributed by atoms with van der Waals surface area (Å²) in [5.41, 5.74) is 10.2. The molecule has 1 aliphatic rings. The van der Waals surface area contributed by atoms with Gasteiger partial charge in [-0.2, -0.15) is 0 Å². The van der Waals surface area contributed by atoms with E-state index in [2.05, 4.69) is 54.3 Å². The Morgan fingerprint density at radius 2 is 1.74 bits per heavy atom. The van der Waals surface area contributed by atoms with Gasteiger partial charge in [0.15, 0.2) is 0 Å². The van der Waals surface area contributed by atoms with E-state index in [0.29, 0.717) is 12.1 Å².